The van der Waals surface area contributed by atoms with Gasteiger partial charge < -0.3 is 5.32 Å². The quantitative estimate of drug-likeness (QED) is 0.834. The molecule has 0 amide bonds. The van der Waals surface area contributed by atoms with Crippen LogP contribution in [0.1, 0.15) is 25.8 Å². The van der Waals surface area contributed by atoms with Crippen LogP contribution in [0, 0.1) is 0 Å². The summed E-state index contributed by atoms with van der Waals surface area (Å²) in [5.74, 6) is 1.26. The number of piperazine rings is 1. The van der Waals surface area contributed by atoms with Crippen LogP contribution in [0.5, 0.6) is 0 Å². The van der Waals surface area contributed by atoms with Gasteiger partial charge in [-0.3, -0.25) is 4.90 Å². The lowest BCUT2D eigenvalue weighted by Crippen LogP contribution is -2.60. The first-order chi connectivity index (χ1) is 9.15. The van der Waals surface area contributed by atoms with Crippen molar-refractivity contribution in [1.29, 1.82) is 0 Å². The van der Waals surface area contributed by atoms with E-state index in [-0.39, 0.29) is 5.54 Å². The fourth-order valence-electron chi connectivity index (χ4n) is 2.83. The lowest BCUT2D eigenvalue weighted by Gasteiger charge is -2.45. The zero-order valence-electron chi connectivity index (χ0n) is 12.4. The van der Waals surface area contributed by atoms with Crippen molar-refractivity contribution < 1.29 is 0 Å². The van der Waals surface area contributed by atoms with Crippen LogP contribution in [0.15, 0.2) is 30.3 Å². The second-order valence-corrected chi connectivity index (χ2v) is 6.73. The Morgan fingerprint density at radius 3 is 2.79 bits per heavy atom. The highest BCUT2D eigenvalue weighted by Crippen LogP contribution is 2.26. The third-order valence-electron chi connectivity index (χ3n) is 4.14. The summed E-state index contributed by atoms with van der Waals surface area (Å²) in [5.41, 5.74) is 1.49. The number of thioether (sulfide) groups is 1. The highest BCUT2D eigenvalue weighted by atomic mass is 32.2. The molecule has 1 saturated heterocycles. The largest absolute Gasteiger partial charge is 0.305 e. The van der Waals surface area contributed by atoms with Gasteiger partial charge in [0.1, 0.15) is 0 Å². The number of hydrogen-bond acceptors (Lipinski definition) is 3. The van der Waals surface area contributed by atoms with E-state index >= 15 is 0 Å². The van der Waals surface area contributed by atoms with Crippen LogP contribution in [0.2, 0.25) is 0 Å². The summed E-state index contributed by atoms with van der Waals surface area (Å²) in [4.78, 5) is 2.64. The summed E-state index contributed by atoms with van der Waals surface area (Å²) in [7, 11) is 0. The lowest BCUT2D eigenvalue weighted by atomic mass is 9.88. The van der Waals surface area contributed by atoms with Crippen molar-refractivity contribution in [1.82, 2.24) is 10.2 Å². The maximum atomic E-state index is 3.74. The molecule has 2 rings (SSSR count). The number of rotatable bonds is 5. The third kappa shape index (κ3) is 3.74. The Bertz CT molecular complexity index is 382. The van der Waals surface area contributed by atoms with Crippen molar-refractivity contribution in [2.45, 2.75) is 31.8 Å². The van der Waals surface area contributed by atoms with Crippen molar-refractivity contribution in [3.63, 3.8) is 0 Å². The summed E-state index contributed by atoms with van der Waals surface area (Å²) in [5, 5.41) is 3.74. The van der Waals surface area contributed by atoms with Gasteiger partial charge in [-0.05, 0) is 44.4 Å². The molecule has 2 atom stereocenters. The summed E-state index contributed by atoms with van der Waals surface area (Å²) in [6.07, 6.45) is 3.48. The van der Waals surface area contributed by atoms with Gasteiger partial charge >= 0.3 is 0 Å². The molecule has 1 aliphatic rings. The van der Waals surface area contributed by atoms with E-state index in [4.69, 9.17) is 0 Å². The Morgan fingerprint density at radius 1 is 1.37 bits per heavy atom. The smallest absolute Gasteiger partial charge is 0.0535 e. The van der Waals surface area contributed by atoms with Crippen molar-refractivity contribution in [3.05, 3.63) is 35.9 Å². The van der Waals surface area contributed by atoms with E-state index in [1.54, 1.807) is 0 Å². The van der Waals surface area contributed by atoms with Crippen molar-refractivity contribution >= 4 is 11.8 Å². The Balaban J connectivity index is 2.03. The molecule has 1 aromatic carbocycles. The van der Waals surface area contributed by atoms with Crippen molar-refractivity contribution in [2.75, 3.05) is 31.6 Å². The number of benzene rings is 1. The van der Waals surface area contributed by atoms with Crippen molar-refractivity contribution in [2.24, 2.45) is 0 Å². The lowest BCUT2D eigenvalue weighted by molar-refractivity contribution is 0.0951. The van der Waals surface area contributed by atoms with Crippen LogP contribution in [-0.2, 0) is 5.54 Å². The molecule has 3 heteroatoms. The van der Waals surface area contributed by atoms with E-state index in [1.807, 2.05) is 11.8 Å². The molecule has 0 saturated carbocycles. The zero-order chi connectivity index (χ0) is 13.7. The maximum Gasteiger partial charge on any atom is 0.0535 e. The van der Waals surface area contributed by atoms with Gasteiger partial charge in [0, 0.05) is 19.1 Å². The fraction of sp³-hybridized carbons (Fsp3) is 0.625. The van der Waals surface area contributed by atoms with Crippen LogP contribution < -0.4 is 5.32 Å². The molecular formula is C16H26N2S. The van der Waals surface area contributed by atoms with Crippen LogP contribution in [0.4, 0.5) is 0 Å². The molecule has 1 aromatic rings. The Hall–Kier alpha value is -0.510. The van der Waals surface area contributed by atoms with Gasteiger partial charge in [0.05, 0.1) is 5.54 Å². The minimum Gasteiger partial charge on any atom is -0.305 e. The molecule has 0 aromatic heterocycles. The first-order valence-corrected chi connectivity index (χ1v) is 8.58. The molecule has 2 unspecified atom stereocenters. The Kier molecular flexibility index (Phi) is 5.31. The van der Waals surface area contributed by atoms with E-state index in [9.17, 15) is 0 Å². The molecule has 0 spiro atoms. The number of nitrogens with zero attached hydrogens (tertiary/aromatic N) is 1. The number of hydrogen-bond donors (Lipinski definition) is 1. The van der Waals surface area contributed by atoms with Crippen LogP contribution >= 0.6 is 11.8 Å². The van der Waals surface area contributed by atoms with Gasteiger partial charge in [0.15, 0.2) is 0 Å². The molecule has 1 N–H and O–H groups in total. The first kappa shape index (κ1) is 14.9. The van der Waals surface area contributed by atoms with Crippen LogP contribution in [-0.4, -0.2) is 42.6 Å². The molecule has 0 bridgehead atoms. The molecule has 19 heavy (non-hydrogen) atoms. The molecule has 1 fully saturated rings. The Labute approximate surface area is 122 Å². The molecule has 2 nitrogen and oxygen atoms in total. The molecular weight excluding hydrogens is 252 g/mol. The van der Waals surface area contributed by atoms with Gasteiger partial charge in [0.25, 0.3) is 0 Å². The summed E-state index contributed by atoms with van der Waals surface area (Å²) in [6.45, 7) is 8.05. The third-order valence-corrected chi connectivity index (χ3v) is 4.83. The fourth-order valence-corrected chi connectivity index (χ4v) is 3.25. The van der Waals surface area contributed by atoms with E-state index in [1.165, 1.54) is 24.3 Å². The predicted octanol–water partition coefficient (Wildman–Crippen LogP) is 2.95. The predicted molar refractivity (Wildman–Crippen MR) is 85.8 cm³/mol. The topological polar surface area (TPSA) is 15.3 Å². The monoisotopic (exact) mass is 278 g/mol. The summed E-state index contributed by atoms with van der Waals surface area (Å²) >= 11 is 1.95. The number of nitrogens with one attached hydrogen (secondary N) is 1. The average Bonchev–Trinajstić information content (AvgIpc) is 2.44. The van der Waals surface area contributed by atoms with Crippen LogP contribution in [0.25, 0.3) is 0 Å². The molecule has 106 valence electrons. The highest BCUT2D eigenvalue weighted by Gasteiger charge is 2.34. The van der Waals surface area contributed by atoms with Gasteiger partial charge in [-0.25, -0.2) is 0 Å². The van der Waals surface area contributed by atoms with E-state index in [0.717, 1.165) is 13.1 Å². The molecule has 1 heterocycles. The molecule has 1 aliphatic heterocycles. The second kappa shape index (κ2) is 6.78. The first-order valence-electron chi connectivity index (χ1n) is 7.19. The van der Waals surface area contributed by atoms with Gasteiger partial charge in [-0.1, -0.05) is 30.3 Å². The van der Waals surface area contributed by atoms with Gasteiger partial charge in [-0.15, -0.1) is 0 Å². The van der Waals surface area contributed by atoms with E-state index in [2.05, 4.69) is 60.7 Å². The standard InChI is InChI=1S/C16H26N2S/c1-14-12-17-16(2,15-8-5-4-6-9-15)13-18(14)10-7-11-19-3/h4-6,8-9,14,17H,7,10-13H2,1-3H3. The Morgan fingerprint density at radius 2 is 2.11 bits per heavy atom. The van der Waals surface area contributed by atoms with E-state index < -0.39 is 0 Å². The van der Waals surface area contributed by atoms with Crippen molar-refractivity contribution in [3.8, 4) is 0 Å². The summed E-state index contributed by atoms with van der Waals surface area (Å²) in [6, 6.07) is 11.5. The summed E-state index contributed by atoms with van der Waals surface area (Å²) < 4.78 is 0. The minimum atomic E-state index is 0.0904. The highest BCUT2D eigenvalue weighted by molar-refractivity contribution is 7.98. The normalized spacial score (nSPS) is 28.5. The van der Waals surface area contributed by atoms with Crippen LogP contribution in [0.3, 0.4) is 0 Å². The minimum absolute atomic E-state index is 0.0904. The average molecular weight is 278 g/mol. The SMILES string of the molecule is CSCCCN1CC(C)(c2ccccc2)NCC1C. The van der Waals surface area contributed by atoms with Gasteiger partial charge in [0.2, 0.25) is 0 Å². The van der Waals surface area contributed by atoms with Gasteiger partial charge in [-0.2, -0.15) is 11.8 Å². The maximum absolute atomic E-state index is 3.74. The molecule has 0 aliphatic carbocycles. The zero-order valence-corrected chi connectivity index (χ0v) is 13.2. The molecule has 0 radical (unpaired) electrons. The second-order valence-electron chi connectivity index (χ2n) is 5.74. The van der Waals surface area contributed by atoms with E-state index in [0.29, 0.717) is 6.04 Å².